The van der Waals surface area contributed by atoms with Crippen LogP contribution >= 0.6 is 0 Å². The Labute approximate surface area is 92.8 Å². The van der Waals surface area contributed by atoms with Crippen molar-refractivity contribution < 1.29 is 0 Å². The number of hydrogen-bond donors (Lipinski definition) is 0. The van der Waals surface area contributed by atoms with Crippen LogP contribution in [0.25, 0.3) is 0 Å². The summed E-state index contributed by atoms with van der Waals surface area (Å²) in [4.78, 5) is 0. The van der Waals surface area contributed by atoms with Crippen molar-refractivity contribution in [1.82, 2.24) is 0 Å². The van der Waals surface area contributed by atoms with Gasteiger partial charge in [0.15, 0.2) is 0 Å². The average Bonchev–Trinajstić information content (AvgIpc) is 2.28. The zero-order chi connectivity index (χ0) is 11.8. The zero-order valence-electron chi connectivity index (χ0n) is 11.4. The van der Waals surface area contributed by atoms with Crippen molar-refractivity contribution in [3.05, 3.63) is 12.7 Å². The maximum absolute atomic E-state index is 3.67. The van der Waals surface area contributed by atoms with Gasteiger partial charge >= 0.3 is 0 Å². The summed E-state index contributed by atoms with van der Waals surface area (Å²) >= 11 is 0. The molecule has 0 amide bonds. The minimum Gasteiger partial charge on any atom is -0.103 e. The predicted molar refractivity (Wildman–Crippen MR) is 70.8 cm³/mol. The Balaban J connectivity index is -0.000000170. The molecule has 0 radical (unpaired) electrons. The molecule has 14 heavy (non-hydrogen) atoms. The van der Waals surface area contributed by atoms with Gasteiger partial charge in [0.1, 0.15) is 0 Å². The maximum atomic E-state index is 3.67. The second-order valence-electron chi connectivity index (χ2n) is 3.38. The first-order chi connectivity index (χ1) is 6.72. The first-order valence-corrected chi connectivity index (χ1v) is 6.33. The van der Waals surface area contributed by atoms with Gasteiger partial charge in [0.25, 0.3) is 0 Å². The van der Waals surface area contributed by atoms with E-state index in [1.165, 1.54) is 32.1 Å². The van der Waals surface area contributed by atoms with E-state index in [1.54, 1.807) is 0 Å². The van der Waals surface area contributed by atoms with Gasteiger partial charge in [-0.25, -0.2) is 0 Å². The second kappa shape index (κ2) is 23.0. The third kappa shape index (κ3) is 29.8. The molecule has 0 heterocycles. The van der Waals surface area contributed by atoms with Gasteiger partial charge in [0.2, 0.25) is 0 Å². The maximum Gasteiger partial charge on any atom is -0.0351 e. The Morgan fingerprint density at radius 2 is 1.50 bits per heavy atom. The number of hydrogen-bond acceptors (Lipinski definition) is 0. The van der Waals surface area contributed by atoms with E-state index in [4.69, 9.17) is 0 Å². The monoisotopic (exact) mass is 200 g/mol. The van der Waals surface area contributed by atoms with Crippen molar-refractivity contribution in [2.45, 2.75) is 73.6 Å². The fraction of sp³-hybridized carbons (Fsp3) is 0.857. The van der Waals surface area contributed by atoms with Crippen LogP contribution in [0.2, 0.25) is 0 Å². The van der Waals surface area contributed by atoms with E-state index < -0.39 is 0 Å². The van der Waals surface area contributed by atoms with Crippen molar-refractivity contribution >= 4 is 0 Å². The van der Waals surface area contributed by atoms with Crippen molar-refractivity contribution in [3.63, 3.8) is 0 Å². The summed E-state index contributed by atoms with van der Waals surface area (Å²) in [5.74, 6) is 0.882. The van der Waals surface area contributed by atoms with Crippen molar-refractivity contribution in [1.29, 1.82) is 0 Å². The normalized spacial score (nSPS) is 10.1. The Morgan fingerprint density at radius 3 is 1.71 bits per heavy atom. The van der Waals surface area contributed by atoms with Gasteiger partial charge in [0.05, 0.1) is 0 Å². The average molecular weight is 200 g/mol. The van der Waals surface area contributed by atoms with Gasteiger partial charge < -0.3 is 0 Å². The fourth-order valence-corrected chi connectivity index (χ4v) is 0.606. The van der Waals surface area contributed by atoms with Crippen LogP contribution in [-0.2, 0) is 0 Å². The fourth-order valence-electron chi connectivity index (χ4n) is 0.606. The van der Waals surface area contributed by atoms with Gasteiger partial charge in [0, 0.05) is 0 Å². The molecule has 0 spiro atoms. The van der Waals surface area contributed by atoms with Gasteiger partial charge in [-0.3, -0.25) is 0 Å². The topological polar surface area (TPSA) is 0 Å². The lowest BCUT2D eigenvalue weighted by atomic mass is 10.0. The molecule has 0 aromatic carbocycles. The number of allylic oxidation sites excluding steroid dienone is 1. The first kappa shape index (κ1) is 19.3. The summed E-state index contributed by atoms with van der Waals surface area (Å²) in [5.41, 5.74) is 0. The molecule has 0 aliphatic rings. The molecule has 1 atom stereocenters. The SMILES string of the molecule is C=CCCC(C)CC.CC.CCCC. The van der Waals surface area contributed by atoms with Crippen LogP contribution in [0, 0.1) is 5.92 Å². The molecule has 88 valence electrons. The van der Waals surface area contributed by atoms with Crippen molar-refractivity contribution in [2.75, 3.05) is 0 Å². The van der Waals surface area contributed by atoms with E-state index in [1.807, 2.05) is 19.9 Å². The number of unbranched alkanes of at least 4 members (excludes halogenated alkanes) is 1. The minimum atomic E-state index is 0.882. The van der Waals surface area contributed by atoms with Crippen LogP contribution in [0.4, 0.5) is 0 Å². The van der Waals surface area contributed by atoms with Crippen molar-refractivity contribution in [3.8, 4) is 0 Å². The standard InChI is InChI=1S/C8H16.C4H10.C2H6/c1-4-6-7-8(3)5-2;1-3-4-2;1-2/h4,8H,1,5-7H2,2-3H3;3-4H2,1-2H3;1-2H3. The highest BCUT2D eigenvalue weighted by Crippen LogP contribution is 2.08. The molecule has 0 rings (SSSR count). The van der Waals surface area contributed by atoms with Gasteiger partial charge in [-0.15, -0.1) is 6.58 Å². The van der Waals surface area contributed by atoms with E-state index >= 15 is 0 Å². The van der Waals surface area contributed by atoms with E-state index in [9.17, 15) is 0 Å². The number of rotatable bonds is 5. The molecule has 0 heteroatoms. The molecule has 0 aliphatic heterocycles. The molecule has 0 aliphatic carbocycles. The molecule has 0 saturated heterocycles. The third-order valence-corrected chi connectivity index (χ3v) is 2.06. The highest BCUT2D eigenvalue weighted by Gasteiger charge is 1.93. The molecule has 0 fully saturated rings. The lowest BCUT2D eigenvalue weighted by Crippen LogP contribution is -1.88. The largest absolute Gasteiger partial charge is 0.103 e. The van der Waals surface area contributed by atoms with Crippen LogP contribution in [0.15, 0.2) is 12.7 Å². The molecule has 1 unspecified atom stereocenters. The van der Waals surface area contributed by atoms with E-state index in [0.29, 0.717) is 0 Å². The highest BCUT2D eigenvalue weighted by atomic mass is 14.0. The second-order valence-corrected chi connectivity index (χ2v) is 3.38. The van der Waals surface area contributed by atoms with Crippen LogP contribution in [0.5, 0.6) is 0 Å². The zero-order valence-corrected chi connectivity index (χ0v) is 11.4. The summed E-state index contributed by atoms with van der Waals surface area (Å²) in [6.07, 6.45) is 8.41. The van der Waals surface area contributed by atoms with Crippen LogP contribution in [0.3, 0.4) is 0 Å². The Bertz CT molecular complexity index is 72.1. The quantitative estimate of drug-likeness (QED) is 0.490. The lowest BCUT2D eigenvalue weighted by molar-refractivity contribution is 0.522. The van der Waals surface area contributed by atoms with E-state index in [0.717, 1.165) is 5.92 Å². The summed E-state index contributed by atoms with van der Waals surface area (Å²) < 4.78 is 0. The van der Waals surface area contributed by atoms with Crippen LogP contribution < -0.4 is 0 Å². The molecular weight excluding hydrogens is 168 g/mol. The molecular formula is C14H32. The lowest BCUT2D eigenvalue weighted by Gasteiger charge is -2.03. The third-order valence-electron chi connectivity index (χ3n) is 2.06. The predicted octanol–water partition coefficient (Wildman–Crippen LogP) is 5.83. The Kier molecular flexibility index (Phi) is 31.7. The highest BCUT2D eigenvalue weighted by molar-refractivity contribution is 4.67. The smallest absolute Gasteiger partial charge is 0.0351 e. The van der Waals surface area contributed by atoms with Crippen LogP contribution in [-0.4, -0.2) is 0 Å². The summed E-state index contributed by atoms with van der Waals surface area (Å²) in [7, 11) is 0. The van der Waals surface area contributed by atoms with Gasteiger partial charge in [-0.1, -0.05) is 66.9 Å². The van der Waals surface area contributed by atoms with Crippen molar-refractivity contribution in [2.24, 2.45) is 5.92 Å². The van der Waals surface area contributed by atoms with Crippen LogP contribution in [0.1, 0.15) is 73.6 Å². The summed E-state index contributed by atoms with van der Waals surface area (Å²) in [6.45, 7) is 16.5. The summed E-state index contributed by atoms with van der Waals surface area (Å²) in [6, 6.07) is 0. The Hall–Kier alpha value is -0.260. The molecule has 0 aromatic heterocycles. The first-order valence-electron chi connectivity index (χ1n) is 6.33. The Morgan fingerprint density at radius 1 is 1.07 bits per heavy atom. The van der Waals surface area contributed by atoms with E-state index in [2.05, 4.69) is 34.3 Å². The molecule has 0 saturated carbocycles. The molecule has 0 aromatic rings. The minimum absolute atomic E-state index is 0.882. The summed E-state index contributed by atoms with van der Waals surface area (Å²) in [5, 5.41) is 0. The van der Waals surface area contributed by atoms with E-state index in [-0.39, 0.29) is 0 Å². The molecule has 0 bridgehead atoms. The van der Waals surface area contributed by atoms with Gasteiger partial charge in [-0.2, -0.15) is 0 Å². The molecule has 0 N–H and O–H groups in total. The molecule has 0 nitrogen and oxygen atoms in total. The van der Waals surface area contributed by atoms with Gasteiger partial charge in [-0.05, 0) is 18.8 Å².